The first-order chi connectivity index (χ1) is 12.5. The molecule has 132 valence electrons. The van der Waals surface area contributed by atoms with Gasteiger partial charge in [-0.15, -0.1) is 0 Å². The maximum atomic E-state index is 12.1. The molecule has 0 radical (unpaired) electrons. The van der Waals surface area contributed by atoms with Gasteiger partial charge in [-0.25, -0.2) is 4.79 Å². The Labute approximate surface area is 149 Å². The predicted molar refractivity (Wildman–Crippen MR) is 97.6 cm³/mol. The predicted octanol–water partition coefficient (Wildman–Crippen LogP) is 0.989. The number of hydrogen-bond donors (Lipinski definition) is 3. The second-order valence-electron chi connectivity index (χ2n) is 5.82. The first kappa shape index (κ1) is 17.3. The summed E-state index contributed by atoms with van der Waals surface area (Å²) in [6, 6.07) is 16.0. The van der Waals surface area contributed by atoms with Gasteiger partial charge in [0, 0.05) is 13.3 Å². The number of oxazole rings is 1. The van der Waals surface area contributed by atoms with Crippen molar-refractivity contribution in [2.75, 3.05) is 0 Å². The lowest BCUT2D eigenvalue weighted by atomic mass is 10.1. The van der Waals surface area contributed by atoms with Crippen LogP contribution in [-0.2, 0) is 11.2 Å². The topological polar surface area (TPSA) is 95.3 Å². The van der Waals surface area contributed by atoms with Gasteiger partial charge in [-0.3, -0.25) is 4.79 Å². The minimum atomic E-state index is -0.538. The van der Waals surface area contributed by atoms with Crippen molar-refractivity contribution in [3.63, 3.8) is 0 Å². The minimum absolute atomic E-state index is 0.144. The van der Waals surface area contributed by atoms with Crippen molar-refractivity contribution in [3.8, 4) is 5.75 Å². The summed E-state index contributed by atoms with van der Waals surface area (Å²) in [5.74, 6) is -0.109. The third kappa shape index (κ3) is 4.30. The van der Waals surface area contributed by atoms with E-state index in [1.165, 1.54) is 19.1 Å². The molecular formula is C20H18N2O4. The fraction of sp³-hybridized carbons (Fsp3) is 0.100. The Kier molecular flexibility index (Phi) is 5.03. The smallest absolute Gasteiger partial charge is 0.361 e. The first-order valence-corrected chi connectivity index (χ1v) is 8.06. The Morgan fingerprint density at radius 2 is 1.85 bits per heavy atom. The number of aromatic amines is 1. The van der Waals surface area contributed by atoms with Crippen LogP contribution in [0.15, 0.2) is 63.8 Å². The first-order valence-electron chi connectivity index (χ1n) is 8.06. The Morgan fingerprint density at radius 1 is 1.15 bits per heavy atom. The third-order valence-electron chi connectivity index (χ3n) is 3.69. The molecule has 0 unspecified atom stereocenters. The average molecular weight is 350 g/mol. The fourth-order valence-electron chi connectivity index (χ4n) is 2.51. The molecule has 0 saturated heterocycles. The van der Waals surface area contributed by atoms with Crippen LogP contribution in [0.1, 0.15) is 18.1 Å². The van der Waals surface area contributed by atoms with E-state index in [1.54, 1.807) is 18.2 Å². The van der Waals surface area contributed by atoms with Gasteiger partial charge in [0.15, 0.2) is 0 Å². The van der Waals surface area contributed by atoms with Crippen LogP contribution in [0.3, 0.4) is 0 Å². The Balaban J connectivity index is 2.07. The second-order valence-corrected chi connectivity index (χ2v) is 5.82. The van der Waals surface area contributed by atoms with Crippen molar-refractivity contribution in [2.24, 2.45) is 0 Å². The highest BCUT2D eigenvalue weighted by atomic mass is 16.4. The van der Waals surface area contributed by atoms with E-state index < -0.39 is 5.63 Å². The molecule has 3 rings (SSSR count). The van der Waals surface area contributed by atoms with E-state index in [2.05, 4.69) is 10.3 Å². The zero-order valence-electron chi connectivity index (χ0n) is 14.2. The van der Waals surface area contributed by atoms with Gasteiger partial charge in [0.05, 0.1) is 5.70 Å². The number of benzene rings is 2. The number of nitrogens with one attached hydrogen (secondary N) is 2. The number of aromatic nitrogens is 1. The Bertz CT molecular complexity index is 1080. The quantitative estimate of drug-likeness (QED) is 0.654. The average Bonchev–Trinajstić information content (AvgIpc) is 2.98. The van der Waals surface area contributed by atoms with Gasteiger partial charge in [-0.05, 0) is 29.3 Å². The van der Waals surface area contributed by atoms with Gasteiger partial charge in [0.25, 0.3) is 0 Å². The third-order valence-corrected chi connectivity index (χ3v) is 3.69. The lowest BCUT2D eigenvalue weighted by molar-refractivity contribution is -0.117. The highest BCUT2D eigenvalue weighted by Gasteiger charge is 2.08. The zero-order chi connectivity index (χ0) is 18.5. The zero-order valence-corrected chi connectivity index (χ0v) is 14.2. The SMILES string of the molecule is CC(=O)NC(Cc1ccccc1)=c1[nH]c(=Cc2ccc(O)cc2)c(=O)o1. The van der Waals surface area contributed by atoms with Crippen LogP contribution in [0.5, 0.6) is 5.75 Å². The van der Waals surface area contributed by atoms with Crippen molar-refractivity contribution in [3.05, 3.63) is 87.0 Å². The number of aromatic hydroxyl groups is 1. The molecule has 0 bridgehead atoms. The van der Waals surface area contributed by atoms with Gasteiger partial charge < -0.3 is 19.8 Å². The van der Waals surface area contributed by atoms with Crippen molar-refractivity contribution in [2.45, 2.75) is 13.3 Å². The van der Waals surface area contributed by atoms with Crippen molar-refractivity contribution >= 4 is 17.7 Å². The summed E-state index contributed by atoms with van der Waals surface area (Å²) in [7, 11) is 0. The summed E-state index contributed by atoms with van der Waals surface area (Å²) in [5, 5.41) is 12.3. The highest BCUT2D eigenvalue weighted by Crippen LogP contribution is 2.09. The van der Waals surface area contributed by atoms with Crippen LogP contribution in [0, 0.1) is 0 Å². The molecule has 6 nitrogen and oxygen atoms in total. The van der Waals surface area contributed by atoms with Crippen LogP contribution in [0.25, 0.3) is 11.8 Å². The number of phenolic OH excluding ortho intramolecular Hbond substituents is 1. The summed E-state index contributed by atoms with van der Waals surface area (Å²) in [6.45, 7) is 1.40. The largest absolute Gasteiger partial charge is 0.508 e. The minimum Gasteiger partial charge on any atom is -0.508 e. The lowest BCUT2D eigenvalue weighted by Gasteiger charge is -2.06. The Hall–Kier alpha value is -3.54. The number of carbonyl (C=O) groups is 1. The van der Waals surface area contributed by atoms with Gasteiger partial charge >= 0.3 is 5.63 Å². The standard InChI is InChI=1S/C20H18N2O4/c1-13(23)21-17(11-14-5-3-2-4-6-14)19-22-18(20(25)26-19)12-15-7-9-16(24)10-8-15/h2-10,12,22,24H,11H2,1H3,(H,21,23). The summed E-state index contributed by atoms with van der Waals surface area (Å²) in [5.41, 5.74) is 1.85. The molecule has 1 aromatic heterocycles. The van der Waals surface area contributed by atoms with Crippen LogP contribution in [0.2, 0.25) is 0 Å². The maximum absolute atomic E-state index is 12.1. The fourth-order valence-corrected chi connectivity index (χ4v) is 2.51. The molecule has 6 heteroatoms. The van der Waals surface area contributed by atoms with E-state index in [4.69, 9.17) is 4.42 Å². The molecule has 3 N–H and O–H groups in total. The van der Waals surface area contributed by atoms with Crippen LogP contribution < -0.4 is 21.8 Å². The second kappa shape index (κ2) is 7.57. The maximum Gasteiger partial charge on any atom is 0.361 e. The monoisotopic (exact) mass is 350 g/mol. The molecule has 26 heavy (non-hydrogen) atoms. The molecule has 0 saturated carbocycles. The van der Waals surface area contributed by atoms with E-state index in [9.17, 15) is 14.7 Å². The van der Waals surface area contributed by atoms with Gasteiger partial charge in [0.1, 0.15) is 11.1 Å². The molecule has 0 atom stereocenters. The van der Waals surface area contributed by atoms with E-state index >= 15 is 0 Å². The lowest BCUT2D eigenvalue weighted by Crippen LogP contribution is -2.27. The Morgan fingerprint density at radius 3 is 2.50 bits per heavy atom. The van der Waals surface area contributed by atoms with Crippen LogP contribution in [-0.4, -0.2) is 16.0 Å². The highest BCUT2D eigenvalue weighted by molar-refractivity contribution is 5.80. The van der Waals surface area contributed by atoms with Crippen LogP contribution in [0.4, 0.5) is 0 Å². The molecule has 0 aliphatic carbocycles. The summed E-state index contributed by atoms with van der Waals surface area (Å²) < 4.78 is 5.30. The molecule has 1 heterocycles. The van der Waals surface area contributed by atoms with E-state index in [1.807, 2.05) is 30.3 Å². The molecular weight excluding hydrogens is 332 g/mol. The number of hydrogen-bond acceptors (Lipinski definition) is 4. The van der Waals surface area contributed by atoms with Crippen LogP contribution >= 0.6 is 0 Å². The molecule has 2 aromatic carbocycles. The number of amides is 1. The van der Waals surface area contributed by atoms with Crippen molar-refractivity contribution in [1.82, 2.24) is 10.3 Å². The molecule has 0 aliphatic rings. The summed E-state index contributed by atoms with van der Waals surface area (Å²) >= 11 is 0. The van der Waals surface area contributed by atoms with Crippen molar-refractivity contribution < 1.29 is 14.3 Å². The molecule has 0 spiro atoms. The summed E-state index contributed by atoms with van der Waals surface area (Å²) in [6.07, 6.45) is 2.02. The summed E-state index contributed by atoms with van der Waals surface area (Å²) in [4.78, 5) is 26.6. The van der Waals surface area contributed by atoms with E-state index in [0.29, 0.717) is 12.1 Å². The van der Waals surface area contributed by atoms with E-state index in [-0.39, 0.29) is 22.6 Å². The van der Waals surface area contributed by atoms with Gasteiger partial charge in [0.2, 0.25) is 11.5 Å². The number of H-pyrrole nitrogens is 1. The van der Waals surface area contributed by atoms with E-state index in [0.717, 1.165) is 11.1 Å². The molecule has 0 aliphatic heterocycles. The van der Waals surface area contributed by atoms with Crippen molar-refractivity contribution in [1.29, 1.82) is 0 Å². The molecule has 0 fully saturated rings. The molecule has 3 aromatic rings. The number of carbonyl (C=O) groups excluding carboxylic acids is 1. The number of phenols is 1. The van der Waals surface area contributed by atoms with Gasteiger partial charge in [-0.2, -0.15) is 0 Å². The molecule has 1 amide bonds. The van der Waals surface area contributed by atoms with Gasteiger partial charge in [-0.1, -0.05) is 42.5 Å². The normalized spacial score (nSPS) is 12.7. The number of rotatable bonds is 4.